The first-order valence-electron chi connectivity index (χ1n) is 14.2. The van der Waals surface area contributed by atoms with Crippen molar-refractivity contribution in [3.8, 4) is 0 Å². The van der Waals surface area contributed by atoms with Crippen molar-refractivity contribution in [3.05, 3.63) is 72.0 Å². The molecule has 0 radical (unpaired) electrons. The zero-order valence-electron chi connectivity index (χ0n) is 24.5. The number of carbonyl (C=O) groups excluding carboxylic acids is 3. The standard InChI is InChI=1S/C30H31F3N8O3/c1-5-25(42)38-13-21(14-38)40-16-34-23(36-40)15-39-12-19-10-26(43)41(24-11-20(30(31,32)33)9-18(3)35-24)28(19)29(44)37(4)22-8-6-7-17(2)27(22)39/h5-9,11,16,19,21,28H,1,10,12-15H2,2-4H3/t19-,28+/m1/s1. The fraction of sp³-hybridized carbons (Fsp3) is 0.400. The Morgan fingerprint density at radius 3 is 2.59 bits per heavy atom. The van der Waals surface area contributed by atoms with E-state index < -0.39 is 35.5 Å². The maximum atomic E-state index is 14.0. The van der Waals surface area contributed by atoms with Gasteiger partial charge in [0.05, 0.1) is 29.5 Å². The maximum Gasteiger partial charge on any atom is 0.416 e. The molecule has 3 amide bonds. The van der Waals surface area contributed by atoms with E-state index in [0.29, 0.717) is 24.6 Å². The highest BCUT2D eigenvalue weighted by Crippen LogP contribution is 2.42. The van der Waals surface area contributed by atoms with Gasteiger partial charge in [0, 0.05) is 44.7 Å². The van der Waals surface area contributed by atoms with Gasteiger partial charge in [-0.2, -0.15) is 18.3 Å². The second kappa shape index (κ2) is 10.8. The summed E-state index contributed by atoms with van der Waals surface area (Å²) in [7, 11) is 1.60. The van der Waals surface area contributed by atoms with Gasteiger partial charge in [-0.25, -0.2) is 14.6 Å². The predicted molar refractivity (Wildman–Crippen MR) is 155 cm³/mol. The van der Waals surface area contributed by atoms with Crippen LogP contribution in [0.15, 0.2) is 49.3 Å². The number of fused-ring (bicyclic) bond motifs is 2. The van der Waals surface area contributed by atoms with Gasteiger partial charge in [0.1, 0.15) is 18.2 Å². The lowest BCUT2D eigenvalue weighted by molar-refractivity contribution is -0.137. The Balaban J connectivity index is 1.34. The molecule has 0 aliphatic carbocycles. The summed E-state index contributed by atoms with van der Waals surface area (Å²) in [6.45, 7) is 8.37. The molecule has 11 nitrogen and oxygen atoms in total. The summed E-state index contributed by atoms with van der Waals surface area (Å²) < 4.78 is 42.8. The first-order chi connectivity index (χ1) is 20.8. The number of anilines is 3. The highest BCUT2D eigenvalue weighted by Gasteiger charge is 2.49. The van der Waals surface area contributed by atoms with E-state index >= 15 is 0 Å². The van der Waals surface area contributed by atoms with Crippen LogP contribution >= 0.6 is 0 Å². The third kappa shape index (κ3) is 5.07. The lowest BCUT2D eigenvalue weighted by Crippen LogP contribution is -2.52. The largest absolute Gasteiger partial charge is 0.416 e. The van der Waals surface area contributed by atoms with Crippen LogP contribution in [0.25, 0.3) is 0 Å². The van der Waals surface area contributed by atoms with Gasteiger partial charge in [0.25, 0.3) is 0 Å². The van der Waals surface area contributed by atoms with Gasteiger partial charge < -0.3 is 14.7 Å². The van der Waals surface area contributed by atoms with Crippen molar-refractivity contribution in [1.82, 2.24) is 24.6 Å². The molecule has 6 rings (SSSR count). The number of aromatic nitrogens is 4. The SMILES string of the molecule is C=CC(=O)N1CC(n2cnc(CN3C[C@H]4CC(=O)N(c5cc(C(F)(F)F)cc(C)n5)[C@@H]4C(=O)N(C)c4cccc(C)c43)n2)C1. The molecule has 2 fully saturated rings. The van der Waals surface area contributed by atoms with Gasteiger partial charge >= 0.3 is 6.18 Å². The zero-order valence-corrected chi connectivity index (χ0v) is 24.5. The lowest BCUT2D eigenvalue weighted by atomic mass is 9.95. The summed E-state index contributed by atoms with van der Waals surface area (Å²) in [4.78, 5) is 54.4. The van der Waals surface area contributed by atoms with Crippen molar-refractivity contribution in [2.24, 2.45) is 5.92 Å². The van der Waals surface area contributed by atoms with Gasteiger partial charge in [-0.1, -0.05) is 18.7 Å². The van der Waals surface area contributed by atoms with Crippen LogP contribution in [0.3, 0.4) is 0 Å². The van der Waals surface area contributed by atoms with Crippen LogP contribution < -0.4 is 14.7 Å². The van der Waals surface area contributed by atoms with E-state index in [1.54, 1.807) is 29.0 Å². The highest BCUT2D eigenvalue weighted by atomic mass is 19.4. The minimum absolute atomic E-state index is 0.0147. The van der Waals surface area contributed by atoms with Gasteiger partial charge in [-0.3, -0.25) is 19.3 Å². The van der Waals surface area contributed by atoms with Crippen LogP contribution in [-0.2, 0) is 27.1 Å². The molecule has 44 heavy (non-hydrogen) atoms. The number of aryl methyl sites for hydroxylation is 2. The number of halogens is 3. The normalized spacial score (nSPS) is 20.7. The van der Waals surface area contributed by atoms with E-state index in [2.05, 4.69) is 21.6 Å². The topological polar surface area (TPSA) is 108 Å². The Labute approximate surface area is 251 Å². The molecule has 2 atom stereocenters. The molecule has 14 heteroatoms. The monoisotopic (exact) mass is 608 g/mol. The van der Waals surface area contributed by atoms with E-state index in [1.807, 2.05) is 24.0 Å². The van der Waals surface area contributed by atoms with E-state index in [-0.39, 0.29) is 43.0 Å². The molecule has 3 aliphatic rings. The number of hydrogen-bond acceptors (Lipinski definition) is 7. The molecule has 2 aromatic heterocycles. The summed E-state index contributed by atoms with van der Waals surface area (Å²) >= 11 is 0. The number of likely N-dealkylation sites (N-methyl/N-ethyl adjacent to an activating group) is 1. The molecule has 1 aromatic carbocycles. The second-order valence-electron chi connectivity index (χ2n) is 11.5. The zero-order chi connectivity index (χ0) is 31.5. The molecular formula is C30H31F3N8O3. The van der Waals surface area contributed by atoms with Crippen LogP contribution in [0.5, 0.6) is 0 Å². The molecule has 2 saturated heterocycles. The van der Waals surface area contributed by atoms with Gasteiger partial charge in [-0.05, 0) is 43.7 Å². The van der Waals surface area contributed by atoms with E-state index in [4.69, 9.17) is 0 Å². The molecule has 0 unspecified atom stereocenters. The van der Waals surface area contributed by atoms with Crippen LogP contribution in [0, 0.1) is 19.8 Å². The number of likely N-dealkylation sites (tertiary alicyclic amines) is 1. The fourth-order valence-corrected chi connectivity index (χ4v) is 6.31. The van der Waals surface area contributed by atoms with Gasteiger partial charge in [0.2, 0.25) is 17.7 Å². The van der Waals surface area contributed by atoms with Gasteiger partial charge in [-0.15, -0.1) is 0 Å². The predicted octanol–water partition coefficient (Wildman–Crippen LogP) is 3.28. The van der Waals surface area contributed by atoms with Crippen LogP contribution in [0.1, 0.15) is 35.1 Å². The van der Waals surface area contributed by atoms with Crippen molar-refractivity contribution >= 4 is 34.9 Å². The molecule has 0 N–H and O–H groups in total. The second-order valence-corrected chi connectivity index (χ2v) is 11.5. The lowest BCUT2D eigenvalue weighted by Gasteiger charge is -2.39. The van der Waals surface area contributed by atoms with Crippen molar-refractivity contribution < 1.29 is 27.6 Å². The number of amides is 3. The van der Waals surface area contributed by atoms with Crippen LogP contribution in [0.2, 0.25) is 0 Å². The molecule has 3 aliphatic heterocycles. The molecular weight excluding hydrogens is 577 g/mol. The minimum atomic E-state index is -4.64. The number of pyridine rings is 1. The average molecular weight is 609 g/mol. The Hall–Kier alpha value is -4.75. The van der Waals surface area contributed by atoms with Crippen molar-refractivity contribution in [3.63, 3.8) is 0 Å². The maximum absolute atomic E-state index is 14.0. The summed E-state index contributed by atoms with van der Waals surface area (Å²) in [5.41, 5.74) is 1.43. The van der Waals surface area contributed by atoms with E-state index in [1.165, 1.54) is 17.9 Å². The third-order valence-electron chi connectivity index (χ3n) is 8.49. The van der Waals surface area contributed by atoms with E-state index in [9.17, 15) is 27.6 Å². The Morgan fingerprint density at radius 2 is 1.89 bits per heavy atom. The number of nitrogens with zero attached hydrogens (tertiary/aromatic N) is 8. The van der Waals surface area contributed by atoms with Gasteiger partial charge in [0.15, 0.2) is 5.82 Å². The summed E-state index contributed by atoms with van der Waals surface area (Å²) in [5.74, 6) is -1.25. The van der Waals surface area contributed by atoms with Crippen LogP contribution in [-0.4, -0.2) is 75.1 Å². The molecule has 0 spiro atoms. The van der Waals surface area contributed by atoms with Crippen LogP contribution in [0.4, 0.5) is 30.4 Å². The molecule has 0 bridgehead atoms. The molecule has 3 aromatic rings. The average Bonchev–Trinajstić information content (AvgIpc) is 3.52. The fourth-order valence-electron chi connectivity index (χ4n) is 6.31. The smallest absolute Gasteiger partial charge is 0.362 e. The first kappa shape index (κ1) is 29.3. The first-order valence-corrected chi connectivity index (χ1v) is 14.2. The number of para-hydroxylation sites is 1. The number of alkyl halides is 3. The summed E-state index contributed by atoms with van der Waals surface area (Å²) in [5, 5.41) is 4.67. The minimum Gasteiger partial charge on any atom is -0.362 e. The molecule has 230 valence electrons. The quantitative estimate of drug-likeness (QED) is 0.409. The number of carbonyl (C=O) groups is 3. The molecule has 5 heterocycles. The number of benzene rings is 1. The Morgan fingerprint density at radius 1 is 1.14 bits per heavy atom. The summed E-state index contributed by atoms with van der Waals surface area (Å²) in [6, 6.07) is 6.22. The van der Waals surface area contributed by atoms with E-state index in [0.717, 1.165) is 28.3 Å². The van der Waals surface area contributed by atoms with Crippen molar-refractivity contribution in [2.45, 2.75) is 45.1 Å². The summed E-state index contributed by atoms with van der Waals surface area (Å²) in [6.07, 6.45) is -1.79. The Bertz CT molecular complexity index is 1670. The Kier molecular flexibility index (Phi) is 7.17. The van der Waals surface area contributed by atoms with Crippen molar-refractivity contribution in [1.29, 1.82) is 0 Å². The third-order valence-corrected chi connectivity index (χ3v) is 8.49. The highest BCUT2D eigenvalue weighted by molar-refractivity contribution is 6.10. The number of rotatable bonds is 5. The molecule has 0 saturated carbocycles. The number of hydrogen-bond donors (Lipinski definition) is 0. The van der Waals surface area contributed by atoms with Crippen molar-refractivity contribution in [2.75, 3.05) is 41.4 Å².